The number of fused-ring (bicyclic) bond motifs is 1. The fourth-order valence-electron chi connectivity index (χ4n) is 2.42. The number of hydrogen-bond acceptors (Lipinski definition) is 5. The van der Waals surface area contributed by atoms with Crippen molar-refractivity contribution in [1.29, 1.82) is 0 Å². The highest BCUT2D eigenvalue weighted by Crippen LogP contribution is 2.32. The Labute approximate surface area is 151 Å². The molecule has 1 amide bonds. The Hall–Kier alpha value is -3.28. The standard InChI is InChI=1S/C20H19NO5/c1-14-4-2-3-5-16(14)11-21-19(22)12-24-20(23)9-7-15-6-8-17-18(10-15)26-13-25-17/h2-10H,11-13H2,1H3,(H,21,22)/b9-7+. The predicted octanol–water partition coefficient (Wildman–Crippen LogP) is 2.60. The van der Waals surface area contributed by atoms with Gasteiger partial charge < -0.3 is 19.5 Å². The largest absolute Gasteiger partial charge is 0.454 e. The Bertz CT molecular complexity index is 844. The van der Waals surface area contributed by atoms with Gasteiger partial charge >= 0.3 is 5.97 Å². The van der Waals surface area contributed by atoms with Crippen molar-refractivity contribution < 1.29 is 23.8 Å². The van der Waals surface area contributed by atoms with Crippen LogP contribution in [-0.4, -0.2) is 25.3 Å². The minimum atomic E-state index is -0.589. The summed E-state index contributed by atoms with van der Waals surface area (Å²) in [4.78, 5) is 23.5. The van der Waals surface area contributed by atoms with E-state index in [1.54, 1.807) is 24.3 Å². The van der Waals surface area contributed by atoms with Crippen molar-refractivity contribution in [1.82, 2.24) is 5.32 Å². The van der Waals surface area contributed by atoms with Crippen LogP contribution in [0.1, 0.15) is 16.7 Å². The predicted molar refractivity (Wildman–Crippen MR) is 95.6 cm³/mol. The molecule has 26 heavy (non-hydrogen) atoms. The van der Waals surface area contributed by atoms with E-state index < -0.39 is 5.97 Å². The quantitative estimate of drug-likeness (QED) is 0.638. The normalized spacial score (nSPS) is 12.2. The lowest BCUT2D eigenvalue weighted by Crippen LogP contribution is -2.28. The smallest absolute Gasteiger partial charge is 0.331 e. The average Bonchev–Trinajstić information content (AvgIpc) is 3.12. The summed E-state index contributed by atoms with van der Waals surface area (Å²) >= 11 is 0. The minimum Gasteiger partial charge on any atom is -0.454 e. The number of carbonyl (C=O) groups excluding carboxylic acids is 2. The molecule has 0 unspecified atom stereocenters. The maximum atomic E-state index is 11.8. The van der Waals surface area contributed by atoms with E-state index >= 15 is 0 Å². The SMILES string of the molecule is Cc1ccccc1CNC(=O)COC(=O)/C=C/c1ccc2c(c1)OCO2. The van der Waals surface area contributed by atoms with Crippen LogP contribution in [0.25, 0.3) is 6.08 Å². The number of rotatable bonds is 6. The summed E-state index contributed by atoms with van der Waals surface area (Å²) < 4.78 is 15.4. The van der Waals surface area contributed by atoms with Gasteiger partial charge in [-0.15, -0.1) is 0 Å². The van der Waals surface area contributed by atoms with Crippen LogP contribution in [0.3, 0.4) is 0 Å². The van der Waals surface area contributed by atoms with Crippen LogP contribution >= 0.6 is 0 Å². The fourth-order valence-corrected chi connectivity index (χ4v) is 2.42. The lowest BCUT2D eigenvalue weighted by atomic mass is 10.1. The Kier molecular flexibility index (Phi) is 5.53. The third-order valence-electron chi connectivity index (χ3n) is 3.89. The van der Waals surface area contributed by atoms with E-state index in [4.69, 9.17) is 14.2 Å². The van der Waals surface area contributed by atoms with E-state index in [1.165, 1.54) is 6.08 Å². The Morgan fingerprint density at radius 1 is 1.15 bits per heavy atom. The van der Waals surface area contributed by atoms with Crippen molar-refractivity contribution in [3.05, 3.63) is 65.2 Å². The van der Waals surface area contributed by atoms with Crippen molar-refractivity contribution in [3.63, 3.8) is 0 Å². The zero-order valence-corrected chi connectivity index (χ0v) is 14.4. The Morgan fingerprint density at radius 2 is 1.96 bits per heavy atom. The summed E-state index contributed by atoms with van der Waals surface area (Å²) in [7, 11) is 0. The van der Waals surface area contributed by atoms with Gasteiger partial charge in [-0.3, -0.25) is 4.79 Å². The summed E-state index contributed by atoms with van der Waals surface area (Å²) in [5.74, 6) is 0.373. The summed E-state index contributed by atoms with van der Waals surface area (Å²) in [6.45, 7) is 2.25. The van der Waals surface area contributed by atoms with E-state index in [0.29, 0.717) is 18.0 Å². The number of benzene rings is 2. The molecule has 0 atom stereocenters. The first kappa shape index (κ1) is 17.5. The monoisotopic (exact) mass is 353 g/mol. The van der Waals surface area contributed by atoms with Gasteiger partial charge in [0, 0.05) is 12.6 Å². The average molecular weight is 353 g/mol. The second-order valence-corrected chi connectivity index (χ2v) is 5.76. The molecule has 134 valence electrons. The fraction of sp³-hybridized carbons (Fsp3) is 0.200. The van der Waals surface area contributed by atoms with Crippen LogP contribution in [0.15, 0.2) is 48.5 Å². The van der Waals surface area contributed by atoms with E-state index in [-0.39, 0.29) is 19.3 Å². The zero-order chi connectivity index (χ0) is 18.4. The molecule has 3 rings (SSSR count). The third-order valence-corrected chi connectivity index (χ3v) is 3.89. The maximum absolute atomic E-state index is 11.8. The first-order valence-corrected chi connectivity index (χ1v) is 8.17. The molecule has 1 aliphatic rings. The van der Waals surface area contributed by atoms with Crippen molar-refractivity contribution in [2.45, 2.75) is 13.5 Å². The summed E-state index contributed by atoms with van der Waals surface area (Å²) in [6.07, 6.45) is 2.86. The molecule has 6 heteroatoms. The molecule has 6 nitrogen and oxygen atoms in total. The summed E-state index contributed by atoms with van der Waals surface area (Å²) in [5, 5.41) is 2.73. The van der Waals surface area contributed by atoms with Crippen molar-refractivity contribution in [2.75, 3.05) is 13.4 Å². The van der Waals surface area contributed by atoms with E-state index in [2.05, 4.69) is 5.32 Å². The highest BCUT2D eigenvalue weighted by molar-refractivity contribution is 5.89. The van der Waals surface area contributed by atoms with E-state index in [1.807, 2.05) is 31.2 Å². The summed E-state index contributed by atoms with van der Waals surface area (Å²) in [5.41, 5.74) is 2.89. The first-order chi connectivity index (χ1) is 12.6. The van der Waals surface area contributed by atoms with Crippen LogP contribution in [0.5, 0.6) is 11.5 Å². The Balaban J connectivity index is 1.43. The zero-order valence-electron chi connectivity index (χ0n) is 14.4. The van der Waals surface area contributed by atoms with Crippen LogP contribution in [0, 0.1) is 6.92 Å². The second-order valence-electron chi connectivity index (χ2n) is 5.76. The number of carbonyl (C=O) groups is 2. The van der Waals surface area contributed by atoms with Gasteiger partial charge in [0.15, 0.2) is 18.1 Å². The molecule has 0 bridgehead atoms. The molecule has 0 aromatic heterocycles. The molecule has 0 aliphatic carbocycles. The molecule has 1 heterocycles. The minimum absolute atomic E-state index is 0.197. The lowest BCUT2D eigenvalue weighted by molar-refractivity contribution is -0.143. The van der Waals surface area contributed by atoms with Gasteiger partial charge in [0.2, 0.25) is 6.79 Å². The van der Waals surface area contributed by atoms with Crippen molar-refractivity contribution >= 4 is 18.0 Å². The van der Waals surface area contributed by atoms with E-state index in [0.717, 1.165) is 16.7 Å². The molecule has 1 aliphatic heterocycles. The number of amides is 1. The van der Waals surface area contributed by atoms with Gasteiger partial charge in [0.05, 0.1) is 0 Å². The van der Waals surface area contributed by atoms with Gasteiger partial charge in [0.1, 0.15) is 0 Å². The van der Waals surface area contributed by atoms with Crippen LogP contribution in [0.2, 0.25) is 0 Å². The number of aryl methyl sites for hydroxylation is 1. The molecule has 0 fully saturated rings. The first-order valence-electron chi connectivity index (χ1n) is 8.17. The van der Waals surface area contributed by atoms with E-state index in [9.17, 15) is 9.59 Å². The van der Waals surface area contributed by atoms with Crippen molar-refractivity contribution in [2.24, 2.45) is 0 Å². The molecule has 0 saturated carbocycles. The van der Waals surface area contributed by atoms with Crippen LogP contribution in [0.4, 0.5) is 0 Å². The van der Waals surface area contributed by atoms with Crippen molar-refractivity contribution in [3.8, 4) is 11.5 Å². The molecular formula is C20H19NO5. The third kappa shape index (κ3) is 4.63. The topological polar surface area (TPSA) is 73.9 Å². The van der Waals surface area contributed by atoms with Gasteiger partial charge in [-0.25, -0.2) is 4.79 Å². The molecular weight excluding hydrogens is 334 g/mol. The Morgan fingerprint density at radius 3 is 2.81 bits per heavy atom. The number of esters is 1. The summed E-state index contributed by atoms with van der Waals surface area (Å²) in [6, 6.07) is 13.1. The molecule has 0 radical (unpaired) electrons. The number of nitrogens with one attached hydrogen (secondary N) is 1. The maximum Gasteiger partial charge on any atom is 0.331 e. The number of ether oxygens (including phenoxy) is 3. The van der Waals surface area contributed by atoms with Gasteiger partial charge in [-0.1, -0.05) is 30.3 Å². The highest BCUT2D eigenvalue weighted by Gasteiger charge is 2.12. The molecule has 2 aromatic rings. The van der Waals surface area contributed by atoms with Crippen LogP contribution < -0.4 is 14.8 Å². The number of hydrogen-bond donors (Lipinski definition) is 1. The van der Waals surface area contributed by atoms with Gasteiger partial charge in [-0.05, 0) is 41.8 Å². The second kappa shape index (κ2) is 8.20. The van der Waals surface area contributed by atoms with Crippen LogP contribution in [-0.2, 0) is 20.9 Å². The van der Waals surface area contributed by atoms with Gasteiger partial charge in [-0.2, -0.15) is 0 Å². The van der Waals surface area contributed by atoms with Gasteiger partial charge in [0.25, 0.3) is 5.91 Å². The molecule has 0 saturated heterocycles. The molecule has 1 N–H and O–H groups in total. The molecule has 0 spiro atoms. The lowest BCUT2D eigenvalue weighted by Gasteiger charge is -2.07. The molecule has 2 aromatic carbocycles. The highest BCUT2D eigenvalue weighted by atomic mass is 16.7.